The topological polar surface area (TPSA) is 213 Å². The quantitative estimate of drug-likeness (QED) is 0.216. The molecule has 1 saturated carbocycles. The van der Waals surface area contributed by atoms with Gasteiger partial charge >= 0.3 is 24.0 Å². The van der Waals surface area contributed by atoms with Crippen molar-refractivity contribution in [3.8, 4) is 6.01 Å². The first-order chi connectivity index (χ1) is 23.0. The molecular formula is C31H38N6O10S2. The highest BCUT2D eigenvalue weighted by atomic mass is 32.2. The van der Waals surface area contributed by atoms with E-state index in [1.54, 1.807) is 4.72 Å². The Hall–Kier alpha value is -4.71. The maximum Gasteiger partial charge on any atom is 0.349 e. The van der Waals surface area contributed by atoms with Crippen molar-refractivity contribution >= 4 is 57.1 Å². The first kappa shape index (κ1) is 37.1. The predicted molar refractivity (Wildman–Crippen MR) is 175 cm³/mol. The Kier molecular flexibility index (Phi) is 11.2. The Balaban J connectivity index is 0.000000221. The summed E-state index contributed by atoms with van der Waals surface area (Å²) in [6.07, 6.45) is 5.28. The van der Waals surface area contributed by atoms with E-state index in [9.17, 15) is 32.4 Å². The van der Waals surface area contributed by atoms with Crippen LogP contribution in [0.5, 0.6) is 6.01 Å². The number of aromatic nitrogens is 3. The largest absolute Gasteiger partial charge is 0.467 e. The number of sulfonamides is 1. The molecular weight excluding hydrogens is 681 g/mol. The maximum absolute atomic E-state index is 12.4. The van der Waals surface area contributed by atoms with Crippen LogP contribution in [0, 0.1) is 24.2 Å². The number of esters is 2. The summed E-state index contributed by atoms with van der Waals surface area (Å²) >= 11 is 0.872. The molecule has 2 atom stereocenters. The lowest BCUT2D eigenvalue weighted by molar-refractivity contribution is -0.156. The summed E-state index contributed by atoms with van der Waals surface area (Å²) in [4.78, 5) is 72.5. The number of rotatable bonds is 9. The van der Waals surface area contributed by atoms with Gasteiger partial charge in [-0.25, -0.2) is 27.6 Å². The molecule has 1 aliphatic heterocycles. The lowest BCUT2D eigenvalue weighted by atomic mass is 9.93. The van der Waals surface area contributed by atoms with Gasteiger partial charge in [0.2, 0.25) is 5.95 Å². The molecule has 1 fully saturated rings. The third-order valence-corrected chi connectivity index (χ3v) is 10.5. The van der Waals surface area contributed by atoms with E-state index in [0.717, 1.165) is 36.2 Å². The molecule has 0 radical (unpaired) electrons. The summed E-state index contributed by atoms with van der Waals surface area (Å²) in [6.45, 7) is 9.36. The molecule has 18 heteroatoms. The van der Waals surface area contributed by atoms with Crippen molar-refractivity contribution in [3.05, 3.63) is 44.9 Å². The summed E-state index contributed by atoms with van der Waals surface area (Å²) in [5, 5.41) is 3.54. The van der Waals surface area contributed by atoms with E-state index < -0.39 is 22.0 Å². The van der Waals surface area contributed by atoms with Crippen LogP contribution in [-0.2, 0) is 33.9 Å². The van der Waals surface area contributed by atoms with Crippen molar-refractivity contribution in [3.63, 3.8) is 0 Å². The fourth-order valence-corrected chi connectivity index (χ4v) is 7.83. The molecule has 0 spiro atoms. The number of allylic oxidation sites excluding steroid dienone is 2. The lowest BCUT2D eigenvalue weighted by Crippen LogP contribution is -2.35. The van der Waals surface area contributed by atoms with E-state index in [4.69, 9.17) is 9.47 Å². The smallest absolute Gasteiger partial charge is 0.349 e. The first-order valence-corrected chi connectivity index (χ1v) is 17.5. The molecule has 2 N–H and O–H groups in total. The van der Waals surface area contributed by atoms with Gasteiger partial charge in [0.05, 0.1) is 20.1 Å². The molecule has 0 aromatic carbocycles. The van der Waals surface area contributed by atoms with E-state index in [2.05, 4.69) is 31.1 Å². The van der Waals surface area contributed by atoms with Crippen molar-refractivity contribution in [1.82, 2.24) is 24.6 Å². The van der Waals surface area contributed by atoms with Crippen LogP contribution in [0.1, 0.15) is 68.9 Å². The Morgan fingerprint density at radius 3 is 2.27 bits per heavy atom. The van der Waals surface area contributed by atoms with E-state index >= 15 is 0 Å². The van der Waals surface area contributed by atoms with Crippen LogP contribution in [0.15, 0.2) is 39.1 Å². The number of amides is 4. The average Bonchev–Trinajstić information content (AvgIpc) is 3.33. The SMILES string of the molecule is CC(C)=CC1C(C(=O)OCN2C(=O)C3=C(CCCC3)C2=O)C1(C)C.COC(=O)c1sccc1S(=O)(=O)NC(=O)Nc1nc(C)nc(OC)n1. The van der Waals surface area contributed by atoms with Crippen molar-refractivity contribution in [2.45, 2.75) is 65.2 Å². The predicted octanol–water partition coefficient (Wildman–Crippen LogP) is 3.51. The standard InChI is InChI=1S/C19H25NO4.C12H13N5O6S2/c1-11(2)9-14-15(19(14,3)4)18(23)24-10-20-16(21)12-7-5-6-8-13(12)17(20)22;1-6-13-10(16-12(14-6)23-3)15-11(19)17-25(20,21)7-4-5-24-8(7)9(18)22-2/h9,14-15H,5-8,10H2,1-4H3;4-5H,1-3H3,(H2,13,14,15,16,17,19). The van der Waals surface area contributed by atoms with Crippen molar-refractivity contribution in [2.24, 2.45) is 17.3 Å². The highest BCUT2D eigenvalue weighted by molar-refractivity contribution is 7.90. The van der Waals surface area contributed by atoms with E-state index in [0.29, 0.717) is 24.0 Å². The Labute approximate surface area is 287 Å². The second-order valence-corrected chi connectivity index (χ2v) is 14.8. The van der Waals surface area contributed by atoms with Gasteiger partial charge in [0.25, 0.3) is 21.8 Å². The molecule has 5 rings (SSSR count). The van der Waals surface area contributed by atoms with Gasteiger partial charge in [0.1, 0.15) is 15.6 Å². The van der Waals surface area contributed by atoms with Crippen LogP contribution in [0.2, 0.25) is 0 Å². The first-order valence-electron chi connectivity index (χ1n) is 15.2. The normalized spacial score (nSPS) is 19.2. The zero-order valence-electron chi connectivity index (χ0n) is 28.1. The molecule has 0 bridgehead atoms. The molecule has 2 aliphatic carbocycles. The summed E-state index contributed by atoms with van der Waals surface area (Å²) in [5.74, 6) is -1.70. The minimum absolute atomic E-state index is 0.0449. The molecule has 2 aromatic rings. The number of methoxy groups -OCH3 is 2. The molecule has 264 valence electrons. The number of ether oxygens (including phenoxy) is 3. The van der Waals surface area contributed by atoms with Gasteiger partial charge in [0, 0.05) is 11.1 Å². The Morgan fingerprint density at radius 1 is 1.06 bits per heavy atom. The second kappa shape index (κ2) is 14.8. The number of nitrogens with zero attached hydrogens (tertiary/aromatic N) is 4. The zero-order chi connectivity index (χ0) is 36.3. The van der Waals surface area contributed by atoms with Crippen LogP contribution in [0.25, 0.3) is 0 Å². The molecule has 16 nitrogen and oxygen atoms in total. The van der Waals surface area contributed by atoms with Gasteiger partial charge in [-0.1, -0.05) is 25.5 Å². The van der Waals surface area contributed by atoms with Gasteiger partial charge in [-0.3, -0.25) is 19.7 Å². The van der Waals surface area contributed by atoms with E-state index in [1.807, 2.05) is 27.7 Å². The van der Waals surface area contributed by atoms with Gasteiger partial charge in [-0.05, 0) is 69.2 Å². The number of carbonyl (C=O) groups excluding carboxylic acids is 5. The van der Waals surface area contributed by atoms with Crippen molar-refractivity contribution in [2.75, 3.05) is 26.3 Å². The maximum atomic E-state index is 12.4. The van der Waals surface area contributed by atoms with Crippen LogP contribution >= 0.6 is 11.3 Å². The lowest BCUT2D eigenvalue weighted by Gasteiger charge is -2.15. The fraction of sp³-hybridized carbons (Fsp3) is 0.484. The number of urea groups is 1. The number of nitrogens with one attached hydrogen (secondary N) is 2. The molecule has 0 saturated heterocycles. The highest BCUT2D eigenvalue weighted by Crippen LogP contribution is 2.59. The van der Waals surface area contributed by atoms with Gasteiger partial charge in [-0.15, -0.1) is 11.3 Å². The minimum atomic E-state index is -4.30. The third kappa shape index (κ3) is 8.30. The molecule has 2 aromatic heterocycles. The Morgan fingerprint density at radius 2 is 1.69 bits per heavy atom. The summed E-state index contributed by atoms with van der Waals surface area (Å²) in [6, 6.07) is 0.0222. The minimum Gasteiger partial charge on any atom is -0.467 e. The van der Waals surface area contributed by atoms with Crippen molar-refractivity contribution < 1.29 is 46.6 Å². The number of thiophene rings is 1. The molecule has 2 unspecified atom stereocenters. The van der Waals surface area contributed by atoms with E-state index in [1.165, 1.54) is 31.1 Å². The Bertz CT molecular complexity index is 1820. The van der Waals surface area contributed by atoms with Crippen LogP contribution in [0.4, 0.5) is 10.7 Å². The van der Waals surface area contributed by atoms with Gasteiger partial charge in [0.15, 0.2) is 6.73 Å². The van der Waals surface area contributed by atoms with Gasteiger partial charge in [-0.2, -0.15) is 15.0 Å². The summed E-state index contributed by atoms with van der Waals surface area (Å²) in [7, 11) is -1.86. The summed E-state index contributed by atoms with van der Waals surface area (Å²) < 4.78 is 41.0. The summed E-state index contributed by atoms with van der Waals surface area (Å²) in [5.41, 5.74) is 2.28. The second-order valence-electron chi connectivity index (χ2n) is 12.2. The number of imide groups is 1. The fourth-order valence-electron chi connectivity index (χ4n) is 5.59. The molecule has 3 heterocycles. The molecule has 49 heavy (non-hydrogen) atoms. The van der Waals surface area contributed by atoms with Gasteiger partial charge < -0.3 is 14.2 Å². The number of aryl methyl sites for hydroxylation is 1. The molecule has 3 aliphatic rings. The van der Waals surface area contributed by atoms with Crippen LogP contribution in [-0.4, -0.2) is 79.0 Å². The third-order valence-electron chi connectivity index (χ3n) is 8.14. The van der Waals surface area contributed by atoms with Crippen LogP contribution in [0.3, 0.4) is 0 Å². The monoisotopic (exact) mass is 718 g/mol. The van der Waals surface area contributed by atoms with Crippen molar-refractivity contribution in [1.29, 1.82) is 0 Å². The highest BCUT2D eigenvalue weighted by Gasteiger charge is 2.61. The van der Waals surface area contributed by atoms with E-state index in [-0.39, 0.29) is 69.3 Å². The number of carbonyl (C=O) groups is 5. The number of hydrogen-bond acceptors (Lipinski definition) is 14. The number of anilines is 1. The molecule has 4 amide bonds. The number of hydrogen-bond donors (Lipinski definition) is 2. The van der Waals surface area contributed by atoms with Crippen LogP contribution < -0.4 is 14.8 Å². The zero-order valence-corrected chi connectivity index (χ0v) is 29.7. The average molecular weight is 719 g/mol.